The van der Waals surface area contributed by atoms with Gasteiger partial charge in [0.25, 0.3) is 0 Å². The summed E-state index contributed by atoms with van der Waals surface area (Å²) < 4.78 is 38.5. The van der Waals surface area contributed by atoms with Crippen molar-refractivity contribution in [3.8, 4) is 0 Å². The van der Waals surface area contributed by atoms with E-state index in [0.717, 1.165) is 43.0 Å². The van der Waals surface area contributed by atoms with E-state index < -0.39 is 11.9 Å². The Morgan fingerprint density at radius 3 is 2.69 bits per heavy atom. The van der Waals surface area contributed by atoms with Crippen LogP contribution in [0.5, 0.6) is 0 Å². The van der Waals surface area contributed by atoms with Gasteiger partial charge >= 0.3 is 6.18 Å². The molecule has 3 heterocycles. The lowest BCUT2D eigenvalue weighted by atomic mass is 9.96. The second-order valence-electron chi connectivity index (χ2n) is 6.79. The first-order valence-corrected chi connectivity index (χ1v) is 8.65. The number of likely N-dealkylation sites (N-methyl/N-ethyl adjacent to an activating group) is 1. The molecular formula is C17H19F3N6. The zero-order valence-corrected chi connectivity index (χ0v) is 14.4. The van der Waals surface area contributed by atoms with Gasteiger partial charge in [-0.05, 0) is 43.4 Å². The summed E-state index contributed by atoms with van der Waals surface area (Å²) in [7, 11) is 1.72. The van der Waals surface area contributed by atoms with Crippen molar-refractivity contribution in [2.24, 2.45) is 0 Å². The van der Waals surface area contributed by atoms with Gasteiger partial charge in [-0.15, -0.1) is 5.10 Å². The molecule has 0 spiro atoms. The molecule has 0 amide bonds. The van der Waals surface area contributed by atoms with Gasteiger partial charge in [-0.1, -0.05) is 0 Å². The van der Waals surface area contributed by atoms with Crippen LogP contribution in [0.1, 0.15) is 29.8 Å². The SMILES string of the molecule is CN(c1nccc(C(F)(F)F)n1)C1CN(c2cc3c(nn2)CCCC3)C1. The number of rotatable bonds is 3. The van der Waals surface area contributed by atoms with Crippen LogP contribution in [0.4, 0.5) is 24.9 Å². The highest BCUT2D eigenvalue weighted by atomic mass is 19.4. The number of halogens is 3. The van der Waals surface area contributed by atoms with Crippen LogP contribution in [0.15, 0.2) is 18.3 Å². The second-order valence-corrected chi connectivity index (χ2v) is 6.79. The van der Waals surface area contributed by atoms with Gasteiger partial charge in [0.2, 0.25) is 5.95 Å². The fourth-order valence-corrected chi connectivity index (χ4v) is 3.36. The van der Waals surface area contributed by atoms with Crippen LogP contribution in [0.3, 0.4) is 0 Å². The van der Waals surface area contributed by atoms with Crippen LogP contribution >= 0.6 is 0 Å². The fourth-order valence-electron chi connectivity index (χ4n) is 3.36. The summed E-state index contributed by atoms with van der Waals surface area (Å²) in [6.07, 6.45) is 1.04. The molecule has 2 aliphatic rings. The van der Waals surface area contributed by atoms with E-state index in [9.17, 15) is 13.2 Å². The van der Waals surface area contributed by atoms with E-state index in [2.05, 4.69) is 31.1 Å². The highest BCUT2D eigenvalue weighted by Crippen LogP contribution is 2.30. The molecule has 1 aliphatic heterocycles. The molecule has 26 heavy (non-hydrogen) atoms. The minimum absolute atomic E-state index is 0.0383. The van der Waals surface area contributed by atoms with Crippen molar-refractivity contribution in [1.82, 2.24) is 20.2 Å². The number of nitrogens with zero attached hydrogens (tertiary/aromatic N) is 6. The topological polar surface area (TPSA) is 58.0 Å². The average molecular weight is 364 g/mol. The summed E-state index contributed by atoms with van der Waals surface area (Å²) in [5.74, 6) is 0.918. The molecule has 0 bridgehead atoms. The van der Waals surface area contributed by atoms with Crippen molar-refractivity contribution in [2.45, 2.75) is 37.9 Å². The Kier molecular flexibility index (Phi) is 4.16. The van der Waals surface area contributed by atoms with E-state index >= 15 is 0 Å². The molecule has 138 valence electrons. The number of aromatic nitrogens is 4. The Labute approximate surface area is 149 Å². The zero-order chi connectivity index (χ0) is 18.3. The minimum Gasteiger partial charge on any atom is -0.351 e. The maximum atomic E-state index is 12.8. The Morgan fingerprint density at radius 1 is 1.15 bits per heavy atom. The third-order valence-electron chi connectivity index (χ3n) is 5.04. The Bertz CT molecular complexity index is 803. The number of aryl methyl sites for hydroxylation is 2. The Balaban J connectivity index is 1.43. The third kappa shape index (κ3) is 3.17. The molecule has 9 heteroatoms. The number of alkyl halides is 3. The first-order chi connectivity index (χ1) is 12.4. The van der Waals surface area contributed by atoms with E-state index in [1.807, 2.05) is 0 Å². The van der Waals surface area contributed by atoms with E-state index in [-0.39, 0.29) is 12.0 Å². The maximum absolute atomic E-state index is 12.8. The van der Waals surface area contributed by atoms with Gasteiger partial charge in [-0.3, -0.25) is 0 Å². The lowest BCUT2D eigenvalue weighted by molar-refractivity contribution is -0.141. The summed E-state index contributed by atoms with van der Waals surface area (Å²) in [5.41, 5.74) is 1.43. The van der Waals surface area contributed by atoms with Gasteiger partial charge in [0.1, 0.15) is 5.69 Å². The predicted molar refractivity (Wildman–Crippen MR) is 90.1 cm³/mol. The van der Waals surface area contributed by atoms with Crippen LogP contribution in [0, 0.1) is 0 Å². The van der Waals surface area contributed by atoms with Crippen LogP contribution in [0.2, 0.25) is 0 Å². The second kappa shape index (κ2) is 6.37. The third-order valence-corrected chi connectivity index (χ3v) is 5.04. The van der Waals surface area contributed by atoms with Crippen molar-refractivity contribution in [1.29, 1.82) is 0 Å². The molecule has 1 aliphatic carbocycles. The number of fused-ring (bicyclic) bond motifs is 1. The van der Waals surface area contributed by atoms with E-state index in [4.69, 9.17) is 0 Å². The Morgan fingerprint density at radius 2 is 1.92 bits per heavy atom. The van der Waals surface area contributed by atoms with E-state index in [0.29, 0.717) is 13.1 Å². The highest BCUT2D eigenvalue weighted by molar-refractivity contribution is 5.48. The van der Waals surface area contributed by atoms with Gasteiger partial charge in [-0.25, -0.2) is 9.97 Å². The van der Waals surface area contributed by atoms with Gasteiger partial charge in [0.15, 0.2) is 5.82 Å². The van der Waals surface area contributed by atoms with E-state index in [1.165, 1.54) is 12.0 Å². The monoisotopic (exact) mass is 364 g/mol. The number of anilines is 2. The molecule has 2 aromatic heterocycles. The van der Waals surface area contributed by atoms with Gasteiger partial charge in [0.05, 0.1) is 11.7 Å². The molecular weight excluding hydrogens is 345 g/mol. The van der Waals surface area contributed by atoms with Crippen LogP contribution in [0.25, 0.3) is 0 Å². The molecule has 6 nitrogen and oxygen atoms in total. The minimum atomic E-state index is -4.47. The molecule has 4 rings (SSSR count). The largest absolute Gasteiger partial charge is 0.433 e. The highest BCUT2D eigenvalue weighted by Gasteiger charge is 2.36. The summed E-state index contributed by atoms with van der Waals surface area (Å²) >= 11 is 0. The van der Waals surface area contributed by atoms with Crippen molar-refractivity contribution in [2.75, 3.05) is 29.9 Å². The molecule has 0 unspecified atom stereocenters. The lowest BCUT2D eigenvalue weighted by Crippen LogP contribution is -2.59. The number of hydrogen-bond acceptors (Lipinski definition) is 6. The Hall–Kier alpha value is -2.45. The van der Waals surface area contributed by atoms with Gasteiger partial charge in [0, 0.05) is 26.3 Å². The van der Waals surface area contributed by atoms with Crippen LogP contribution in [-0.2, 0) is 19.0 Å². The molecule has 0 atom stereocenters. The lowest BCUT2D eigenvalue weighted by Gasteiger charge is -2.44. The van der Waals surface area contributed by atoms with Crippen LogP contribution in [-0.4, -0.2) is 46.3 Å². The molecule has 0 aromatic carbocycles. The van der Waals surface area contributed by atoms with Gasteiger partial charge < -0.3 is 9.80 Å². The van der Waals surface area contributed by atoms with Crippen molar-refractivity contribution in [3.05, 3.63) is 35.3 Å². The summed E-state index contributed by atoms with van der Waals surface area (Å²) in [6.45, 7) is 1.31. The molecule has 2 aromatic rings. The van der Waals surface area contributed by atoms with Crippen LogP contribution < -0.4 is 9.80 Å². The first kappa shape index (κ1) is 17.0. The summed E-state index contributed by atoms with van der Waals surface area (Å²) in [5, 5.41) is 8.64. The van der Waals surface area contributed by atoms with Gasteiger partial charge in [-0.2, -0.15) is 18.3 Å². The maximum Gasteiger partial charge on any atom is 0.433 e. The molecule has 1 fully saturated rings. The first-order valence-electron chi connectivity index (χ1n) is 8.65. The quantitative estimate of drug-likeness (QED) is 0.834. The number of hydrogen-bond donors (Lipinski definition) is 0. The summed E-state index contributed by atoms with van der Waals surface area (Å²) in [6, 6.07) is 3.02. The normalized spacial score (nSPS) is 17.6. The van der Waals surface area contributed by atoms with Crippen molar-refractivity contribution < 1.29 is 13.2 Å². The molecule has 0 radical (unpaired) electrons. The van der Waals surface area contributed by atoms with Crippen molar-refractivity contribution in [3.63, 3.8) is 0 Å². The summed E-state index contributed by atoms with van der Waals surface area (Å²) in [4.78, 5) is 11.4. The molecule has 0 saturated carbocycles. The zero-order valence-electron chi connectivity index (χ0n) is 14.4. The average Bonchev–Trinajstić information content (AvgIpc) is 2.59. The predicted octanol–water partition coefficient (Wildman–Crippen LogP) is 2.49. The van der Waals surface area contributed by atoms with E-state index in [1.54, 1.807) is 11.9 Å². The molecule has 0 N–H and O–H groups in total. The molecule has 1 saturated heterocycles. The van der Waals surface area contributed by atoms with Crippen molar-refractivity contribution >= 4 is 11.8 Å². The fraction of sp³-hybridized carbons (Fsp3) is 0.529. The standard InChI is InChI=1S/C17H19F3N6/c1-25(16-21-7-6-14(22-16)17(18,19)20)12-9-26(10-12)15-8-11-4-2-3-5-13(11)23-24-15/h6-8,12H,2-5,9-10H2,1H3. The smallest absolute Gasteiger partial charge is 0.351 e.